The third kappa shape index (κ3) is 3.29. The molecule has 1 aromatic heterocycles. The van der Waals surface area contributed by atoms with Crippen molar-refractivity contribution in [3.05, 3.63) is 52.4 Å². The Balaban J connectivity index is 1.88. The number of benzene rings is 1. The zero-order valence-electron chi connectivity index (χ0n) is 14.5. The first-order valence-corrected chi connectivity index (χ1v) is 8.60. The lowest BCUT2D eigenvalue weighted by molar-refractivity contribution is -0.151. The Morgan fingerprint density at radius 2 is 1.96 bits per heavy atom. The van der Waals surface area contributed by atoms with Crippen LogP contribution in [0.3, 0.4) is 0 Å². The molecule has 0 unspecified atom stereocenters. The van der Waals surface area contributed by atoms with E-state index in [1.54, 1.807) is 0 Å². The summed E-state index contributed by atoms with van der Waals surface area (Å²) in [5, 5.41) is 13.6. The van der Waals surface area contributed by atoms with Gasteiger partial charge in [-0.15, -0.1) is 0 Å². The molecule has 25 heavy (non-hydrogen) atoms. The number of carbonyl (C=O) groups excluding carboxylic acids is 1. The molecule has 1 amide bonds. The van der Waals surface area contributed by atoms with Gasteiger partial charge in [-0.1, -0.05) is 43.3 Å². The molecule has 0 fully saturated rings. The van der Waals surface area contributed by atoms with Crippen molar-refractivity contribution in [1.29, 1.82) is 0 Å². The van der Waals surface area contributed by atoms with Crippen molar-refractivity contribution < 1.29 is 19.2 Å². The normalized spacial score (nSPS) is 16.6. The third-order valence-electron chi connectivity index (χ3n) is 4.79. The highest BCUT2D eigenvalue weighted by molar-refractivity contribution is 5.86. The number of aryl methyl sites for hydroxylation is 2. The van der Waals surface area contributed by atoms with Crippen LogP contribution in [0.1, 0.15) is 42.0 Å². The van der Waals surface area contributed by atoms with Crippen LogP contribution in [0.25, 0.3) is 0 Å². The molecular formula is C19H22N2O4. The van der Waals surface area contributed by atoms with Gasteiger partial charge in [0.2, 0.25) is 5.91 Å². The maximum Gasteiger partial charge on any atom is 0.326 e. The zero-order valence-corrected chi connectivity index (χ0v) is 14.5. The molecule has 0 saturated carbocycles. The van der Waals surface area contributed by atoms with E-state index in [0.717, 1.165) is 22.4 Å². The predicted octanol–water partition coefficient (Wildman–Crippen LogP) is 2.38. The summed E-state index contributed by atoms with van der Waals surface area (Å²) in [6.45, 7) is 4.23. The number of aliphatic carboxylic acids is 1. The van der Waals surface area contributed by atoms with Crippen LogP contribution < -0.4 is 0 Å². The lowest BCUT2D eigenvalue weighted by Gasteiger charge is -2.34. The molecule has 0 radical (unpaired) electrons. The van der Waals surface area contributed by atoms with E-state index in [1.165, 1.54) is 4.90 Å². The van der Waals surface area contributed by atoms with Crippen LogP contribution in [-0.2, 0) is 41.8 Å². The summed E-state index contributed by atoms with van der Waals surface area (Å²) in [7, 11) is 0. The van der Waals surface area contributed by atoms with Crippen LogP contribution in [0, 0.1) is 0 Å². The molecule has 2 aromatic rings. The lowest BCUT2D eigenvalue weighted by Crippen LogP contribution is -2.49. The third-order valence-corrected chi connectivity index (χ3v) is 4.79. The van der Waals surface area contributed by atoms with Gasteiger partial charge in [-0.3, -0.25) is 4.79 Å². The Morgan fingerprint density at radius 1 is 1.24 bits per heavy atom. The van der Waals surface area contributed by atoms with Crippen molar-refractivity contribution in [2.24, 2.45) is 0 Å². The largest absolute Gasteiger partial charge is 0.480 e. The quantitative estimate of drug-likeness (QED) is 0.902. The Labute approximate surface area is 146 Å². The van der Waals surface area contributed by atoms with Crippen LogP contribution in [-0.4, -0.2) is 33.1 Å². The second kappa shape index (κ2) is 7.09. The number of fused-ring (bicyclic) bond motifs is 1. The summed E-state index contributed by atoms with van der Waals surface area (Å²) >= 11 is 0. The van der Waals surface area contributed by atoms with E-state index in [9.17, 15) is 14.7 Å². The van der Waals surface area contributed by atoms with E-state index in [4.69, 9.17) is 4.52 Å². The molecule has 6 nitrogen and oxygen atoms in total. The second-order valence-corrected chi connectivity index (χ2v) is 6.26. The van der Waals surface area contributed by atoms with Gasteiger partial charge in [0.1, 0.15) is 11.8 Å². The van der Waals surface area contributed by atoms with Gasteiger partial charge < -0.3 is 14.5 Å². The molecule has 1 aliphatic rings. The Kier molecular flexibility index (Phi) is 4.88. The summed E-state index contributed by atoms with van der Waals surface area (Å²) in [4.78, 5) is 26.1. The van der Waals surface area contributed by atoms with Crippen LogP contribution in [0.4, 0.5) is 0 Å². The fourth-order valence-electron chi connectivity index (χ4n) is 3.40. The highest BCUT2D eigenvalue weighted by Gasteiger charge is 2.35. The monoisotopic (exact) mass is 342 g/mol. The van der Waals surface area contributed by atoms with E-state index in [0.29, 0.717) is 31.6 Å². The predicted molar refractivity (Wildman–Crippen MR) is 91.1 cm³/mol. The molecule has 1 N–H and O–H groups in total. The number of amides is 1. The van der Waals surface area contributed by atoms with Gasteiger partial charge >= 0.3 is 5.97 Å². The molecule has 1 aromatic carbocycles. The van der Waals surface area contributed by atoms with Crippen LogP contribution in [0.5, 0.6) is 0 Å². The van der Waals surface area contributed by atoms with Gasteiger partial charge in [-0.25, -0.2) is 4.79 Å². The number of nitrogens with zero attached hydrogens (tertiary/aromatic N) is 2. The van der Waals surface area contributed by atoms with Crippen molar-refractivity contribution in [2.45, 2.75) is 52.1 Å². The van der Waals surface area contributed by atoms with E-state index in [2.05, 4.69) is 5.16 Å². The van der Waals surface area contributed by atoms with Crippen molar-refractivity contribution in [2.75, 3.05) is 0 Å². The molecular weight excluding hydrogens is 320 g/mol. The average Bonchev–Trinajstić information content (AvgIpc) is 3.02. The molecule has 6 heteroatoms. The molecule has 2 heterocycles. The number of carboxylic acid groups (broad SMARTS) is 1. The summed E-state index contributed by atoms with van der Waals surface area (Å²) in [5.74, 6) is -0.469. The van der Waals surface area contributed by atoms with Crippen molar-refractivity contribution in [3.8, 4) is 0 Å². The highest BCUT2D eigenvalue weighted by atomic mass is 16.5. The minimum atomic E-state index is -0.973. The number of carboxylic acids is 1. The van der Waals surface area contributed by atoms with Gasteiger partial charge in [0.05, 0.1) is 12.1 Å². The Bertz CT molecular complexity index is 775. The molecule has 3 rings (SSSR count). The topological polar surface area (TPSA) is 83.6 Å². The fourth-order valence-corrected chi connectivity index (χ4v) is 3.40. The summed E-state index contributed by atoms with van der Waals surface area (Å²) < 4.78 is 5.32. The van der Waals surface area contributed by atoms with E-state index in [-0.39, 0.29) is 12.3 Å². The first kappa shape index (κ1) is 17.2. The molecule has 0 bridgehead atoms. The maximum absolute atomic E-state index is 12.9. The molecule has 0 spiro atoms. The number of rotatable bonds is 5. The second-order valence-electron chi connectivity index (χ2n) is 6.26. The van der Waals surface area contributed by atoms with Crippen molar-refractivity contribution >= 4 is 11.9 Å². The molecule has 1 atom stereocenters. The summed E-state index contributed by atoms with van der Waals surface area (Å²) in [6, 6.07) is 6.84. The Morgan fingerprint density at radius 3 is 2.60 bits per heavy atom. The van der Waals surface area contributed by atoms with Crippen LogP contribution in [0.2, 0.25) is 0 Å². The maximum atomic E-state index is 12.9. The Hall–Kier alpha value is -2.63. The number of hydrogen-bond acceptors (Lipinski definition) is 4. The molecule has 0 aliphatic carbocycles. The van der Waals surface area contributed by atoms with E-state index < -0.39 is 12.0 Å². The first-order chi connectivity index (χ1) is 12.0. The van der Waals surface area contributed by atoms with Crippen LogP contribution >= 0.6 is 0 Å². The highest BCUT2D eigenvalue weighted by Crippen LogP contribution is 2.25. The number of carbonyl (C=O) groups is 2. The minimum absolute atomic E-state index is 0.127. The number of aromatic nitrogens is 1. The number of hydrogen-bond donors (Lipinski definition) is 1. The summed E-state index contributed by atoms with van der Waals surface area (Å²) in [5.41, 5.74) is 3.57. The molecule has 132 valence electrons. The van der Waals surface area contributed by atoms with Gasteiger partial charge in [-0.05, 0) is 17.5 Å². The lowest BCUT2D eigenvalue weighted by atomic mass is 9.93. The van der Waals surface area contributed by atoms with E-state index in [1.807, 2.05) is 38.1 Å². The van der Waals surface area contributed by atoms with E-state index >= 15 is 0 Å². The van der Waals surface area contributed by atoms with Gasteiger partial charge in [0.15, 0.2) is 0 Å². The minimum Gasteiger partial charge on any atom is -0.480 e. The van der Waals surface area contributed by atoms with Gasteiger partial charge in [0, 0.05) is 24.9 Å². The first-order valence-electron chi connectivity index (χ1n) is 8.60. The smallest absolute Gasteiger partial charge is 0.326 e. The average molecular weight is 342 g/mol. The summed E-state index contributed by atoms with van der Waals surface area (Å²) in [6.07, 6.45) is 1.79. The fraction of sp³-hybridized carbons (Fsp3) is 0.421. The zero-order chi connectivity index (χ0) is 18.0. The standard InChI is InChI=1S/C19H22N2O4/c1-3-15-14(17(4-2)25-20-15)10-18(22)21-11-13-8-6-5-7-12(13)9-16(21)19(23)24/h5-8,16H,3-4,9-11H2,1-2H3,(H,23,24)/t16-/m1/s1. The van der Waals surface area contributed by atoms with Crippen molar-refractivity contribution in [1.82, 2.24) is 10.1 Å². The van der Waals surface area contributed by atoms with Crippen molar-refractivity contribution in [3.63, 3.8) is 0 Å². The SMILES string of the molecule is CCc1noc(CC)c1CC(=O)N1Cc2ccccc2C[C@@H]1C(=O)O. The molecule has 0 saturated heterocycles. The van der Waals surface area contributed by atoms with Crippen LogP contribution in [0.15, 0.2) is 28.8 Å². The van der Waals surface area contributed by atoms with Gasteiger partial charge in [0.25, 0.3) is 0 Å². The molecule has 1 aliphatic heterocycles. The van der Waals surface area contributed by atoms with Gasteiger partial charge in [-0.2, -0.15) is 0 Å².